The Morgan fingerprint density at radius 1 is 1.36 bits per heavy atom. The standard InChI is InChI=1S/C9H6ClNO2S/c10-6-2-1-3-7(4-6)11-8(12)5-14-9(11)13/h1-4H,5H2. The fraction of sp³-hybridized carbons (Fsp3) is 0.111. The number of halogens is 1. The van der Waals surface area contributed by atoms with Crippen LogP contribution in [-0.4, -0.2) is 16.9 Å². The van der Waals surface area contributed by atoms with E-state index >= 15 is 0 Å². The summed E-state index contributed by atoms with van der Waals surface area (Å²) >= 11 is 6.77. The van der Waals surface area contributed by atoms with Gasteiger partial charge in [-0.3, -0.25) is 9.59 Å². The number of benzene rings is 1. The molecule has 72 valence electrons. The highest BCUT2D eigenvalue weighted by atomic mass is 35.5. The first-order chi connectivity index (χ1) is 6.68. The zero-order chi connectivity index (χ0) is 10.1. The minimum Gasteiger partial charge on any atom is -0.273 e. The molecule has 0 N–H and O–H groups in total. The maximum Gasteiger partial charge on any atom is 0.293 e. The van der Waals surface area contributed by atoms with Gasteiger partial charge in [0.2, 0.25) is 5.91 Å². The highest BCUT2D eigenvalue weighted by Gasteiger charge is 2.31. The molecule has 0 unspecified atom stereocenters. The third-order valence-corrected chi connectivity index (χ3v) is 2.87. The molecule has 2 rings (SSSR count). The van der Waals surface area contributed by atoms with Gasteiger partial charge in [-0.15, -0.1) is 0 Å². The second kappa shape index (κ2) is 3.63. The van der Waals surface area contributed by atoms with Crippen molar-refractivity contribution in [2.75, 3.05) is 10.7 Å². The molecule has 14 heavy (non-hydrogen) atoms. The van der Waals surface area contributed by atoms with E-state index in [4.69, 9.17) is 11.6 Å². The summed E-state index contributed by atoms with van der Waals surface area (Å²) < 4.78 is 0. The van der Waals surface area contributed by atoms with E-state index in [-0.39, 0.29) is 16.9 Å². The average Bonchev–Trinajstić information content (AvgIpc) is 2.46. The van der Waals surface area contributed by atoms with Crippen molar-refractivity contribution >= 4 is 40.2 Å². The third kappa shape index (κ3) is 1.63. The second-order valence-electron chi connectivity index (χ2n) is 2.76. The van der Waals surface area contributed by atoms with Crippen molar-refractivity contribution in [3.8, 4) is 0 Å². The molecule has 0 saturated carbocycles. The Morgan fingerprint density at radius 3 is 2.71 bits per heavy atom. The first-order valence-corrected chi connectivity index (χ1v) is 5.30. The number of anilines is 1. The number of thioether (sulfide) groups is 1. The Kier molecular flexibility index (Phi) is 2.48. The van der Waals surface area contributed by atoms with Crippen LogP contribution in [0.3, 0.4) is 0 Å². The van der Waals surface area contributed by atoms with Crippen molar-refractivity contribution in [2.24, 2.45) is 0 Å². The number of carbonyl (C=O) groups is 2. The van der Waals surface area contributed by atoms with Crippen LogP contribution in [0.2, 0.25) is 5.02 Å². The minimum absolute atomic E-state index is 0.192. The van der Waals surface area contributed by atoms with Crippen LogP contribution in [0.15, 0.2) is 24.3 Å². The van der Waals surface area contributed by atoms with Crippen LogP contribution in [0.4, 0.5) is 10.5 Å². The molecule has 0 spiro atoms. The van der Waals surface area contributed by atoms with Gasteiger partial charge in [0, 0.05) is 5.02 Å². The van der Waals surface area contributed by atoms with Crippen molar-refractivity contribution in [2.45, 2.75) is 0 Å². The lowest BCUT2D eigenvalue weighted by Crippen LogP contribution is -2.27. The van der Waals surface area contributed by atoms with Gasteiger partial charge >= 0.3 is 0 Å². The number of imide groups is 1. The molecule has 1 heterocycles. The number of carbonyl (C=O) groups excluding carboxylic acids is 2. The molecule has 1 aliphatic heterocycles. The lowest BCUT2D eigenvalue weighted by molar-refractivity contribution is -0.115. The van der Waals surface area contributed by atoms with Crippen LogP contribution in [-0.2, 0) is 4.79 Å². The lowest BCUT2D eigenvalue weighted by Gasteiger charge is -2.12. The first kappa shape index (κ1) is 9.55. The summed E-state index contributed by atoms with van der Waals surface area (Å²) in [6.45, 7) is 0. The highest BCUT2D eigenvalue weighted by Crippen LogP contribution is 2.27. The van der Waals surface area contributed by atoms with E-state index in [9.17, 15) is 9.59 Å². The molecule has 1 fully saturated rings. The normalized spacial score (nSPS) is 16.5. The third-order valence-electron chi connectivity index (χ3n) is 1.82. The number of nitrogens with zero attached hydrogens (tertiary/aromatic N) is 1. The van der Waals surface area contributed by atoms with E-state index < -0.39 is 0 Å². The van der Waals surface area contributed by atoms with Gasteiger partial charge in [0.05, 0.1) is 11.4 Å². The molecule has 3 nitrogen and oxygen atoms in total. The summed E-state index contributed by atoms with van der Waals surface area (Å²) in [5.41, 5.74) is 0.539. The van der Waals surface area contributed by atoms with Crippen LogP contribution < -0.4 is 4.90 Å². The molecule has 2 amide bonds. The predicted octanol–water partition coefficient (Wildman–Crippen LogP) is 2.54. The molecule has 0 bridgehead atoms. The summed E-state index contributed by atoms with van der Waals surface area (Å²) in [5.74, 6) is 0.0213. The van der Waals surface area contributed by atoms with Gasteiger partial charge in [-0.2, -0.15) is 0 Å². The van der Waals surface area contributed by atoms with E-state index in [0.29, 0.717) is 10.7 Å². The maximum absolute atomic E-state index is 11.3. The van der Waals surface area contributed by atoms with Gasteiger partial charge in [-0.25, -0.2) is 4.90 Å². The quantitative estimate of drug-likeness (QED) is 0.740. The number of rotatable bonds is 1. The van der Waals surface area contributed by atoms with Gasteiger partial charge in [0.15, 0.2) is 0 Å². The Bertz CT molecular complexity index is 392. The number of hydrogen-bond acceptors (Lipinski definition) is 3. The fourth-order valence-corrected chi connectivity index (χ4v) is 2.12. The Labute approximate surface area is 90.0 Å². The smallest absolute Gasteiger partial charge is 0.273 e. The van der Waals surface area contributed by atoms with Gasteiger partial charge in [0.1, 0.15) is 0 Å². The zero-order valence-corrected chi connectivity index (χ0v) is 8.64. The summed E-state index contributed by atoms with van der Waals surface area (Å²) in [6, 6.07) is 6.70. The zero-order valence-electron chi connectivity index (χ0n) is 7.07. The van der Waals surface area contributed by atoms with Crippen molar-refractivity contribution in [1.29, 1.82) is 0 Å². The summed E-state index contributed by atoms with van der Waals surface area (Å²) in [5, 5.41) is 0.275. The topological polar surface area (TPSA) is 37.4 Å². The molecular formula is C9H6ClNO2S. The maximum atomic E-state index is 11.3. The summed E-state index contributed by atoms with van der Waals surface area (Å²) in [4.78, 5) is 23.8. The average molecular weight is 228 g/mol. The van der Waals surface area contributed by atoms with Crippen LogP contribution in [0.25, 0.3) is 0 Å². The van der Waals surface area contributed by atoms with Crippen LogP contribution in [0.1, 0.15) is 0 Å². The monoisotopic (exact) mass is 227 g/mol. The summed E-state index contributed by atoms with van der Waals surface area (Å²) in [7, 11) is 0. The van der Waals surface area contributed by atoms with E-state index in [1.54, 1.807) is 24.3 Å². The largest absolute Gasteiger partial charge is 0.293 e. The van der Waals surface area contributed by atoms with Crippen molar-refractivity contribution in [3.05, 3.63) is 29.3 Å². The first-order valence-electron chi connectivity index (χ1n) is 3.94. The lowest BCUT2D eigenvalue weighted by atomic mass is 10.3. The van der Waals surface area contributed by atoms with Crippen molar-refractivity contribution in [3.63, 3.8) is 0 Å². The number of amides is 2. The molecule has 1 saturated heterocycles. The molecule has 1 aromatic carbocycles. The highest BCUT2D eigenvalue weighted by molar-refractivity contribution is 8.15. The molecule has 1 aromatic rings. The molecule has 0 aliphatic carbocycles. The molecule has 0 aromatic heterocycles. The Hall–Kier alpha value is -1.00. The van der Waals surface area contributed by atoms with Gasteiger partial charge < -0.3 is 0 Å². The number of hydrogen-bond donors (Lipinski definition) is 0. The van der Waals surface area contributed by atoms with Crippen LogP contribution >= 0.6 is 23.4 Å². The van der Waals surface area contributed by atoms with Gasteiger partial charge in [0.25, 0.3) is 5.24 Å². The SMILES string of the molecule is O=C1CSC(=O)N1c1cccc(Cl)c1. The van der Waals surface area contributed by atoms with Gasteiger partial charge in [-0.05, 0) is 18.2 Å². The Morgan fingerprint density at radius 2 is 2.14 bits per heavy atom. The van der Waals surface area contributed by atoms with Crippen molar-refractivity contribution in [1.82, 2.24) is 0 Å². The summed E-state index contributed by atoms with van der Waals surface area (Å²) in [6.07, 6.45) is 0. The molecule has 0 atom stereocenters. The van der Waals surface area contributed by atoms with E-state index in [1.807, 2.05) is 0 Å². The second-order valence-corrected chi connectivity index (χ2v) is 4.13. The predicted molar refractivity (Wildman–Crippen MR) is 56.8 cm³/mol. The van der Waals surface area contributed by atoms with Crippen molar-refractivity contribution < 1.29 is 9.59 Å². The molecule has 0 radical (unpaired) electrons. The van der Waals surface area contributed by atoms with E-state index in [0.717, 1.165) is 16.7 Å². The Balaban J connectivity index is 2.39. The van der Waals surface area contributed by atoms with Gasteiger partial charge in [-0.1, -0.05) is 29.4 Å². The molecule has 1 aliphatic rings. The van der Waals surface area contributed by atoms with Crippen LogP contribution in [0.5, 0.6) is 0 Å². The molecular weight excluding hydrogens is 222 g/mol. The van der Waals surface area contributed by atoms with E-state index in [1.165, 1.54) is 0 Å². The fourth-order valence-electron chi connectivity index (χ4n) is 1.22. The minimum atomic E-state index is -0.239. The molecule has 5 heteroatoms. The van der Waals surface area contributed by atoms with Crippen LogP contribution in [0, 0.1) is 0 Å². The van der Waals surface area contributed by atoms with E-state index in [2.05, 4.69) is 0 Å².